The van der Waals surface area contributed by atoms with E-state index in [1.165, 1.54) is 0 Å². The van der Waals surface area contributed by atoms with Gasteiger partial charge in [0.05, 0.1) is 0 Å². The van der Waals surface area contributed by atoms with Crippen LogP contribution < -0.4 is 0 Å². The highest BCUT2D eigenvalue weighted by Gasteiger charge is 2.02. The van der Waals surface area contributed by atoms with Gasteiger partial charge in [-0.1, -0.05) is 13.0 Å². The van der Waals surface area contributed by atoms with E-state index in [4.69, 9.17) is 4.74 Å². The van der Waals surface area contributed by atoms with Crippen molar-refractivity contribution < 1.29 is 4.74 Å². The number of nitrogens with zero attached hydrogens (tertiary/aromatic N) is 1. The van der Waals surface area contributed by atoms with E-state index in [2.05, 4.69) is 11.9 Å². The van der Waals surface area contributed by atoms with Crippen LogP contribution in [0.25, 0.3) is 0 Å². The topological polar surface area (TPSA) is 22.1 Å². The third-order valence-electron chi connectivity index (χ3n) is 1.73. The van der Waals surface area contributed by atoms with E-state index in [0.717, 1.165) is 18.7 Å². The van der Waals surface area contributed by atoms with Gasteiger partial charge < -0.3 is 4.74 Å². The van der Waals surface area contributed by atoms with Gasteiger partial charge in [0.15, 0.2) is 0 Å². The molecule has 0 aliphatic rings. The third kappa shape index (κ3) is 3.01. The van der Waals surface area contributed by atoms with Crippen molar-refractivity contribution in [3.05, 3.63) is 30.1 Å². The van der Waals surface area contributed by atoms with E-state index < -0.39 is 0 Å². The van der Waals surface area contributed by atoms with Crippen LogP contribution in [0.5, 0.6) is 0 Å². The Kier molecular flexibility index (Phi) is 3.74. The summed E-state index contributed by atoms with van der Waals surface area (Å²) < 4.78 is 5.05. The molecule has 0 spiro atoms. The first-order valence-electron chi connectivity index (χ1n) is 4.21. The lowest BCUT2D eigenvalue weighted by atomic mass is 10.1. The van der Waals surface area contributed by atoms with Crippen molar-refractivity contribution in [2.24, 2.45) is 5.92 Å². The Balaban J connectivity index is 2.41. The van der Waals surface area contributed by atoms with Crippen molar-refractivity contribution in [1.29, 1.82) is 0 Å². The van der Waals surface area contributed by atoms with Crippen LogP contribution in [0.1, 0.15) is 12.6 Å². The molecule has 1 aromatic rings. The first kappa shape index (κ1) is 9.20. The predicted octanol–water partition coefficient (Wildman–Crippen LogP) is 1.91. The van der Waals surface area contributed by atoms with Gasteiger partial charge in [-0.15, -0.1) is 0 Å². The molecular weight excluding hydrogens is 150 g/mol. The molecule has 1 atom stereocenters. The fourth-order valence-corrected chi connectivity index (χ4v) is 1.22. The van der Waals surface area contributed by atoms with Gasteiger partial charge in [-0.25, -0.2) is 0 Å². The lowest BCUT2D eigenvalue weighted by Crippen LogP contribution is -2.07. The molecule has 0 aliphatic carbocycles. The van der Waals surface area contributed by atoms with Gasteiger partial charge in [-0.3, -0.25) is 4.98 Å². The van der Waals surface area contributed by atoms with Gasteiger partial charge in [-0.05, 0) is 24.5 Å². The molecule has 0 aliphatic heterocycles. The highest BCUT2D eigenvalue weighted by Crippen LogP contribution is 2.04. The molecule has 66 valence electrons. The molecule has 1 aromatic heterocycles. The SMILES string of the molecule is COC[C@H](C)Cc1ccccn1. The molecule has 0 fully saturated rings. The monoisotopic (exact) mass is 165 g/mol. The summed E-state index contributed by atoms with van der Waals surface area (Å²) in [6, 6.07) is 6.00. The molecule has 0 N–H and O–H groups in total. The summed E-state index contributed by atoms with van der Waals surface area (Å²) in [7, 11) is 1.73. The maximum Gasteiger partial charge on any atom is 0.0491 e. The van der Waals surface area contributed by atoms with Gasteiger partial charge >= 0.3 is 0 Å². The van der Waals surface area contributed by atoms with Crippen molar-refractivity contribution >= 4 is 0 Å². The highest BCUT2D eigenvalue weighted by atomic mass is 16.5. The maximum atomic E-state index is 5.05. The van der Waals surface area contributed by atoms with Crippen LogP contribution in [-0.4, -0.2) is 18.7 Å². The van der Waals surface area contributed by atoms with Crippen molar-refractivity contribution in [3.63, 3.8) is 0 Å². The zero-order valence-corrected chi connectivity index (χ0v) is 7.66. The molecule has 2 heteroatoms. The summed E-state index contributed by atoms with van der Waals surface area (Å²) in [4.78, 5) is 4.25. The predicted molar refractivity (Wildman–Crippen MR) is 49.0 cm³/mol. The van der Waals surface area contributed by atoms with Gasteiger partial charge in [0.1, 0.15) is 0 Å². The Labute approximate surface area is 73.6 Å². The van der Waals surface area contributed by atoms with Crippen LogP contribution in [0.3, 0.4) is 0 Å². The number of pyridine rings is 1. The standard InChI is InChI=1S/C10H15NO/c1-9(8-12-2)7-10-5-3-4-6-11-10/h3-6,9H,7-8H2,1-2H3/t9-/m1/s1. The first-order chi connectivity index (χ1) is 5.83. The quantitative estimate of drug-likeness (QED) is 0.680. The maximum absolute atomic E-state index is 5.05. The van der Waals surface area contributed by atoms with E-state index >= 15 is 0 Å². The summed E-state index contributed by atoms with van der Waals surface area (Å²) in [6.45, 7) is 2.97. The van der Waals surface area contributed by atoms with Gasteiger partial charge in [0, 0.05) is 25.6 Å². The number of hydrogen-bond donors (Lipinski definition) is 0. The lowest BCUT2D eigenvalue weighted by molar-refractivity contribution is 0.159. The fourth-order valence-electron chi connectivity index (χ4n) is 1.22. The molecule has 1 heterocycles. The molecule has 0 saturated carbocycles. The second-order valence-corrected chi connectivity index (χ2v) is 3.09. The Hall–Kier alpha value is -0.890. The van der Waals surface area contributed by atoms with E-state index in [1.54, 1.807) is 7.11 Å². The number of aromatic nitrogens is 1. The molecule has 0 saturated heterocycles. The highest BCUT2D eigenvalue weighted by molar-refractivity contribution is 5.03. The van der Waals surface area contributed by atoms with Crippen molar-refractivity contribution in [2.75, 3.05) is 13.7 Å². The summed E-state index contributed by atoms with van der Waals surface area (Å²) in [5, 5.41) is 0. The zero-order valence-electron chi connectivity index (χ0n) is 7.66. The van der Waals surface area contributed by atoms with Crippen LogP contribution in [0.15, 0.2) is 24.4 Å². The molecule has 0 amide bonds. The normalized spacial score (nSPS) is 12.8. The molecule has 2 nitrogen and oxygen atoms in total. The zero-order chi connectivity index (χ0) is 8.81. The number of rotatable bonds is 4. The Morgan fingerprint density at radius 3 is 2.92 bits per heavy atom. The number of methoxy groups -OCH3 is 1. The van der Waals surface area contributed by atoms with Gasteiger partial charge in [0.25, 0.3) is 0 Å². The minimum Gasteiger partial charge on any atom is -0.384 e. The van der Waals surface area contributed by atoms with Crippen LogP contribution in [0.2, 0.25) is 0 Å². The molecule has 1 rings (SSSR count). The van der Waals surface area contributed by atoms with E-state index in [9.17, 15) is 0 Å². The molecule has 0 bridgehead atoms. The average Bonchev–Trinajstić information content (AvgIpc) is 2.06. The molecule has 0 unspecified atom stereocenters. The fraction of sp³-hybridized carbons (Fsp3) is 0.500. The minimum absolute atomic E-state index is 0.546. The largest absolute Gasteiger partial charge is 0.384 e. The summed E-state index contributed by atoms with van der Waals surface area (Å²) in [5.41, 5.74) is 1.14. The number of ether oxygens (including phenoxy) is 1. The average molecular weight is 165 g/mol. The van der Waals surface area contributed by atoms with Crippen LogP contribution in [0, 0.1) is 5.92 Å². The Morgan fingerprint density at radius 1 is 1.50 bits per heavy atom. The van der Waals surface area contributed by atoms with E-state index in [0.29, 0.717) is 5.92 Å². The van der Waals surface area contributed by atoms with Gasteiger partial charge in [0.2, 0.25) is 0 Å². The van der Waals surface area contributed by atoms with Crippen molar-refractivity contribution in [2.45, 2.75) is 13.3 Å². The van der Waals surface area contributed by atoms with Gasteiger partial charge in [-0.2, -0.15) is 0 Å². The molecular formula is C10H15NO. The molecule has 0 aromatic carbocycles. The summed E-state index contributed by atoms with van der Waals surface area (Å²) in [6.07, 6.45) is 2.82. The Bertz CT molecular complexity index is 210. The van der Waals surface area contributed by atoms with Crippen molar-refractivity contribution in [3.8, 4) is 0 Å². The van der Waals surface area contributed by atoms with Crippen LogP contribution in [-0.2, 0) is 11.2 Å². The molecule has 0 radical (unpaired) electrons. The van der Waals surface area contributed by atoms with Crippen LogP contribution in [0.4, 0.5) is 0 Å². The molecule has 12 heavy (non-hydrogen) atoms. The van der Waals surface area contributed by atoms with E-state index in [1.807, 2.05) is 24.4 Å². The van der Waals surface area contributed by atoms with Crippen LogP contribution >= 0.6 is 0 Å². The smallest absolute Gasteiger partial charge is 0.0491 e. The third-order valence-corrected chi connectivity index (χ3v) is 1.73. The second kappa shape index (κ2) is 4.88. The van der Waals surface area contributed by atoms with E-state index in [-0.39, 0.29) is 0 Å². The summed E-state index contributed by atoms with van der Waals surface area (Å²) in [5.74, 6) is 0.546. The van der Waals surface area contributed by atoms with Crippen molar-refractivity contribution in [1.82, 2.24) is 4.98 Å². The Morgan fingerprint density at radius 2 is 2.33 bits per heavy atom. The number of hydrogen-bond acceptors (Lipinski definition) is 2. The second-order valence-electron chi connectivity index (χ2n) is 3.09. The lowest BCUT2D eigenvalue weighted by Gasteiger charge is -2.08. The minimum atomic E-state index is 0.546. The summed E-state index contributed by atoms with van der Waals surface area (Å²) >= 11 is 0. The first-order valence-corrected chi connectivity index (χ1v) is 4.21.